The molecule has 1 aromatic carbocycles. The zero-order chi connectivity index (χ0) is 14.0. The van der Waals surface area contributed by atoms with Crippen LogP contribution in [0.2, 0.25) is 0 Å². The number of nitrogens with one attached hydrogen (secondary N) is 1. The molecule has 1 aromatic heterocycles. The average Bonchev–Trinajstić information content (AvgIpc) is 2.74. The van der Waals surface area contributed by atoms with E-state index in [9.17, 15) is 13.6 Å². The molecule has 0 aliphatic rings. The lowest BCUT2D eigenvalue weighted by Crippen LogP contribution is -2.13. The van der Waals surface area contributed by atoms with E-state index in [4.69, 9.17) is 0 Å². The molecule has 6 heteroatoms. The molecule has 1 amide bonds. The van der Waals surface area contributed by atoms with Crippen molar-refractivity contribution in [1.29, 1.82) is 0 Å². The van der Waals surface area contributed by atoms with Crippen molar-refractivity contribution in [3.63, 3.8) is 0 Å². The molecule has 2 aromatic rings. The van der Waals surface area contributed by atoms with Gasteiger partial charge in [0.25, 0.3) is 12.3 Å². The molecule has 3 nitrogen and oxygen atoms in total. The maximum absolute atomic E-state index is 12.8. The molecule has 0 saturated carbocycles. The van der Waals surface area contributed by atoms with Crippen molar-refractivity contribution >= 4 is 22.9 Å². The maximum Gasteiger partial charge on any atom is 0.282 e. The number of aromatic nitrogens is 1. The predicted molar refractivity (Wildman–Crippen MR) is 70.9 cm³/mol. The predicted octanol–water partition coefficient (Wildman–Crippen LogP) is 3.95. The van der Waals surface area contributed by atoms with Gasteiger partial charge in [0.1, 0.15) is 10.6 Å². The molecule has 0 radical (unpaired) electrons. The van der Waals surface area contributed by atoms with Crippen molar-refractivity contribution in [2.45, 2.75) is 20.3 Å². The molecule has 0 fully saturated rings. The topological polar surface area (TPSA) is 42.0 Å². The standard InChI is InChI=1S/C13H12F2N2OS/c1-7-5-3-4-6-9(7)17-13(18)11-10(12(14)15)16-8(2)19-11/h3-6,12H,1-2H3,(H,17,18). The lowest BCUT2D eigenvalue weighted by Gasteiger charge is -2.07. The number of hydrogen-bond acceptors (Lipinski definition) is 3. The maximum atomic E-state index is 12.8. The fourth-order valence-electron chi connectivity index (χ4n) is 1.65. The minimum atomic E-state index is -2.75. The minimum absolute atomic E-state index is 0.0317. The number of hydrogen-bond donors (Lipinski definition) is 1. The summed E-state index contributed by atoms with van der Waals surface area (Å²) in [5.74, 6) is -0.546. The van der Waals surface area contributed by atoms with Crippen molar-refractivity contribution in [1.82, 2.24) is 4.98 Å². The van der Waals surface area contributed by atoms with Crippen LogP contribution in [0.5, 0.6) is 0 Å². The molecule has 1 N–H and O–H groups in total. The monoisotopic (exact) mass is 282 g/mol. The summed E-state index contributed by atoms with van der Waals surface area (Å²) < 4.78 is 25.6. The van der Waals surface area contributed by atoms with Gasteiger partial charge < -0.3 is 5.32 Å². The first-order valence-corrected chi connectivity index (χ1v) is 6.43. The van der Waals surface area contributed by atoms with E-state index >= 15 is 0 Å². The van der Waals surface area contributed by atoms with Crippen LogP contribution in [0.15, 0.2) is 24.3 Å². The molecule has 0 unspecified atom stereocenters. The third-order valence-corrected chi connectivity index (χ3v) is 3.55. The van der Waals surface area contributed by atoms with Gasteiger partial charge in [-0.1, -0.05) is 18.2 Å². The average molecular weight is 282 g/mol. The first kappa shape index (κ1) is 13.6. The van der Waals surface area contributed by atoms with Crippen molar-refractivity contribution in [3.05, 3.63) is 45.4 Å². The highest BCUT2D eigenvalue weighted by Crippen LogP contribution is 2.28. The summed E-state index contributed by atoms with van der Waals surface area (Å²) in [6, 6.07) is 7.17. The van der Waals surface area contributed by atoms with Gasteiger partial charge in [0.2, 0.25) is 0 Å². The summed E-state index contributed by atoms with van der Waals surface area (Å²) in [4.78, 5) is 15.7. The van der Waals surface area contributed by atoms with E-state index in [1.54, 1.807) is 19.1 Å². The number of amides is 1. The van der Waals surface area contributed by atoms with Gasteiger partial charge in [-0.2, -0.15) is 0 Å². The normalized spacial score (nSPS) is 10.8. The Kier molecular flexibility index (Phi) is 3.90. The Morgan fingerprint density at radius 1 is 1.32 bits per heavy atom. The van der Waals surface area contributed by atoms with Gasteiger partial charge in [-0.05, 0) is 25.5 Å². The molecule has 0 spiro atoms. The number of para-hydroxylation sites is 1. The van der Waals surface area contributed by atoms with Gasteiger partial charge in [0.15, 0.2) is 0 Å². The van der Waals surface area contributed by atoms with E-state index in [-0.39, 0.29) is 4.88 Å². The number of alkyl halides is 2. The zero-order valence-corrected chi connectivity index (χ0v) is 11.2. The number of nitrogens with zero attached hydrogens (tertiary/aromatic N) is 1. The Balaban J connectivity index is 2.28. The van der Waals surface area contributed by atoms with E-state index in [2.05, 4.69) is 10.3 Å². The SMILES string of the molecule is Cc1nc(C(F)F)c(C(=O)Nc2ccccc2C)s1. The molecule has 0 aliphatic heterocycles. The molecule has 0 bridgehead atoms. The molecule has 1 heterocycles. The minimum Gasteiger partial charge on any atom is -0.321 e. The quantitative estimate of drug-likeness (QED) is 0.926. The van der Waals surface area contributed by atoms with Crippen LogP contribution in [0.4, 0.5) is 14.5 Å². The Hall–Kier alpha value is -1.82. The largest absolute Gasteiger partial charge is 0.321 e. The first-order valence-electron chi connectivity index (χ1n) is 5.61. The van der Waals surface area contributed by atoms with Gasteiger partial charge in [0.05, 0.1) is 5.01 Å². The van der Waals surface area contributed by atoms with Crippen LogP contribution in [-0.2, 0) is 0 Å². The van der Waals surface area contributed by atoms with Crippen molar-refractivity contribution in [2.24, 2.45) is 0 Å². The summed E-state index contributed by atoms with van der Waals surface area (Å²) in [5.41, 5.74) is 1.03. The second kappa shape index (κ2) is 5.44. The Morgan fingerprint density at radius 2 is 2.00 bits per heavy atom. The molecule has 0 aliphatic carbocycles. The molecule has 0 saturated heterocycles. The fraction of sp³-hybridized carbons (Fsp3) is 0.231. The highest BCUT2D eigenvalue weighted by atomic mass is 32.1. The van der Waals surface area contributed by atoms with Crippen LogP contribution >= 0.6 is 11.3 Å². The van der Waals surface area contributed by atoms with E-state index in [0.29, 0.717) is 10.7 Å². The van der Waals surface area contributed by atoms with Crippen molar-refractivity contribution < 1.29 is 13.6 Å². The molecule has 100 valence electrons. The van der Waals surface area contributed by atoms with E-state index in [1.807, 2.05) is 19.1 Å². The highest BCUT2D eigenvalue weighted by Gasteiger charge is 2.23. The van der Waals surface area contributed by atoms with Crippen LogP contribution in [0.25, 0.3) is 0 Å². The number of aryl methyl sites for hydroxylation is 2. The summed E-state index contributed by atoms with van der Waals surface area (Å²) in [6.45, 7) is 3.43. The number of rotatable bonds is 3. The molecular weight excluding hydrogens is 270 g/mol. The Bertz CT molecular complexity index is 610. The number of halogens is 2. The number of carbonyl (C=O) groups is 1. The van der Waals surface area contributed by atoms with E-state index < -0.39 is 18.0 Å². The van der Waals surface area contributed by atoms with E-state index in [1.165, 1.54) is 0 Å². The summed E-state index contributed by atoms with van der Waals surface area (Å²) in [7, 11) is 0. The first-order chi connectivity index (χ1) is 8.99. The second-order valence-electron chi connectivity index (χ2n) is 4.02. The summed E-state index contributed by atoms with van der Waals surface area (Å²) in [5, 5.41) is 3.08. The van der Waals surface area contributed by atoms with Gasteiger partial charge in [-0.15, -0.1) is 11.3 Å². The molecule has 0 atom stereocenters. The summed E-state index contributed by atoms with van der Waals surface area (Å²) in [6.07, 6.45) is -2.75. The molecular formula is C13H12F2N2OS. The Labute approximate surface area is 113 Å². The van der Waals surface area contributed by atoms with Crippen molar-refractivity contribution in [2.75, 3.05) is 5.32 Å². The lowest BCUT2D eigenvalue weighted by atomic mass is 10.2. The number of carbonyl (C=O) groups excluding carboxylic acids is 1. The van der Waals surface area contributed by atoms with Gasteiger partial charge >= 0.3 is 0 Å². The second-order valence-corrected chi connectivity index (χ2v) is 5.22. The Morgan fingerprint density at radius 3 is 2.63 bits per heavy atom. The van der Waals surface area contributed by atoms with Crippen LogP contribution in [-0.4, -0.2) is 10.9 Å². The highest BCUT2D eigenvalue weighted by molar-refractivity contribution is 7.13. The number of anilines is 1. The summed E-state index contributed by atoms with van der Waals surface area (Å²) >= 11 is 0.973. The van der Waals surface area contributed by atoms with Crippen molar-refractivity contribution in [3.8, 4) is 0 Å². The van der Waals surface area contributed by atoms with Crippen LogP contribution in [0, 0.1) is 13.8 Å². The third-order valence-electron chi connectivity index (χ3n) is 2.57. The number of thiazole rings is 1. The van der Waals surface area contributed by atoms with Crippen LogP contribution in [0.3, 0.4) is 0 Å². The zero-order valence-electron chi connectivity index (χ0n) is 10.4. The molecule has 2 rings (SSSR count). The van der Waals surface area contributed by atoms with Crippen LogP contribution in [0.1, 0.15) is 32.4 Å². The van der Waals surface area contributed by atoms with Gasteiger partial charge in [-0.25, -0.2) is 13.8 Å². The van der Waals surface area contributed by atoms with E-state index in [0.717, 1.165) is 16.9 Å². The fourth-order valence-corrected chi connectivity index (χ4v) is 2.47. The molecule has 19 heavy (non-hydrogen) atoms. The lowest BCUT2D eigenvalue weighted by molar-refractivity contribution is 0.101. The van der Waals surface area contributed by atoms with Gasteiger partial charge in [-0.3, -0.25) is 4.79 Å². The van der Waals surface area contributed by atoms with Gasteiger partial charge in [0, 0.05) is 5.69 Å². The smallest absolute Gasteiger partial charge is 0.282 e. The van der Waals surface area contributed by atoms with Crippen LogP contribution < -0.4 is 5.32 Å². The third kappa shape index (κ3) is 2.96. The number of benzene rings is 1.